The zero-order chi connectivity index (χ0) is 19.0. The highest BCUT2D eigenvalue weighted by atomic mass is 16.3. The molecule has 4 rings (SSSR count). The molecule has 1 aromatic carbocycles. The Kier molecular flexibility index (Phi) is 4.53. The molecule has 7 heteroatoms. The van der Waals surface area contributed by atoms with E-state index >= 15 is 0 Å². The van der Waals surface area contributed by atoms with E-state index in [2.05, 4.69) is 14.9 Å². The van der Waals surface area contributed by atoms with Crippen molar-refractivity contribution >= 4 is 22.7 Å². The lowest BCUT2D eigenvalue weighted by Crippen LogP contribution is -2.36. The van der Waals surface area contributed by atoms with E-state index in [-0.39, 0.29) is 11.9 Å². The molecule has 2 aromatic heterocycles. The number of anilines is 1. The van der Waals surface area contributed by atoms with Crippen LogP contribution in [0.5, 0.6) is 0 Å². The van der Waals surface area contributed by atoms with Gasteiger partial charge in [0.05, 0.1) is 6.54 Å². The minimum absolute atomic E-state index is 0.0418. The molecule has 0 spiro atoms. The van der Waals surface area contributed by atoms with Crippen molar-refractivity contribution in [2.24, 2.45) is 0 Å². The average Bonchev–Trinajstić information content (AvgIpc) is 3.27. The Morgan fingerprint density at radius 3 is 2.96 bits per heavy atom. The molecule has 0 bridgehead atoms. The summed E-state index contributed by atoms with van der Waals surface area (Å²) in [5, 5.41) is 0.993. The van der Waals surface area contributed by atoms with Gasteiger partial charge in [0.2, 0.25) is 0 Å². The van der Waals surface area contributed by atoms with Gasteiger partial charge < -0.3 is 15.1 Å². The largest absolute Gasteiger partial charge is 0.451 e. The van der Waals surface area contributed by atoms with Gasteiger partial charge in [-0.2, -0.15) is 0 Å². The Morgan fingerprint density at radius 2 is 2.19 bits per heavy atom. The third-order valence-electron chi connectivity index (χ3n) is 5.23. The summed E-state index contributed by atoms with van der Waals surface area (Å²) in [6.45, 7) is 3.91. The van der Waals surface area contributed by atoms with Crippen LogP contribution in [0.4, 0.5) is 5.82 Å². The van der Waals surface area contributed by atoms with Crippen LogP contribution in [0.3, 0.4) is 0 Å². The second-order valence-electron chi connectivity index (χ2n) is 7.06. The number of rotatable bonds is 4. The molecular formula is C20H23N5O2. The third kappa shape index (κ3) is 3.38. The highest BCUT2D eigenvalue weighted by molar-refractivity contribution is 5.99. The van der Waals surface area contributed by atoms with E-state index in [0.29, 0.717) is 37.0 Å². The quantitative estimate of drug-likeness (QED) is 0.764. The topological polar surface area (TPSA) is 88.5 Å². The van der Waals surface area contributed by atoms with Gasteiger partial charge in [-0.3, -0.25) is 9.69 Å². The van der Waals surface area contributed by atoms with Gasteiger partial charge in [0.1, 0.15) is 17.2 Å². The Morgan fingerprint density at radius 1 is 1.37 bits per heavy atom. The smallest absolute Gasteiger partial charge is 0.289 e. The molecule has 1 amide bonds. The average molecular weight is 365 g/mol. The van der Waals surface area contributed by atoms with Crippen molar-refractivity contribution in [3.63, 3.8) is 0 Å². The summed E-state index contributed by atoms with van der Waals surface area (Å²) in [4.78, 5) is 25.5. The van der Waals surface area contributed by atoms with Gasteiger partial charge in [0, 0.05) is 36.3 Å². The third-order valence-corrected chi connectivity index (χ3v) is 5.23. The molecule has 0 aliphatic carbocycles. The second kappa shape index (κ2) is 7.00. The lowest BCUT2D eigenvalue weighted by atomic mass is 10.1. The fourth-order valence-electron chi connectivity index (χ4n) is 3.65. The van der Waals surface area contributed by atoms with Crippen LogP contribution in [0, 0.1) is 6.92 Å². The molecule has 1 fully saturated rings. The number of benzene rings is 1. The zero-order valence-corrected chi connectivity index (χ0v) is 15.6. The van der Waals surface area contributed by atoms with Crippen LogP contribution in [-0.2, 0) is 6.54 Å². The van der Waals surface area contributed by atoms with Crippen LogP contribution in [-0.4, -0.2) is 51.9 Å². The Labute approximate surface area is 157 Å². The molecule has 1 atom stereocenters. The maximum absolute atomic E-state index is 13.0. The maximum Gasteiger partial charge on any atom is 0.289 e. The Hall–Kier alpha value is -2.93. The summed E-state index contributed by atoms with van der Waals surface area (Å²) < 4.78 is 5.84. The first-order valence-corrected chi connectivity index (χ1v) is 9.08. The molecule has 3 heterocycles. The second-order valence-corrected chi connectivity index (χ2v) is 7.06. The molecule has 1 unspecified atom stereocenters. The van der Waals surface area contributed by atoms with Crippen LogP contribution in [0.25, 0.3) is 11.0 Å². The van der Waals surface area contributed by atoms with Crippen LogP contribution < -0.4 is 5.73 Å². The molecule has 7 nitrogen and oxygen atoms in total. The molecule has 140 valence electrons. The first-order valence-electron chi connectivity index (χ1n) is 9.08. The fraction of sp³-hybridized carbons (Fsp3) is 0.350. The number of nitrogens with zero attached hydrogens (tertiary/aromatic N) is 4. The van der Waals surface area contributed by atoms with Crippen LogP contribution >= 0.6 is 0 Å². The molecule has 27 heavy (non-hydrogen) atoms. The highest BCUT2D eigenvalue weighted by Crippen LogP contribution is 2.27. The van der Waals surface area contributed by atoms with Gasteiger partial charge in [0.15, 0.2) is 5.76 Å². The van der Waals surface area contributed by atoms with Gasteiger partial charge in [-0.25, -0.2) is 9.97 Å². The summed E-state index contributed by atoms with van der Waals surface area (Å²) >= 11 is 0. The molecule has 2 N–H and O–H groups in total. The normalized spacial score (nSPS) is 17.1. The van der Waals surface area contributed by atoms with Crippen molar-refractivity contribution in [2.45, 2.75) is 25.9 Å². The van der Waals surface area contributed by atoms with Crippen LogP contribution in [0.1, 0.15) is 28.4 Å². The number of nitrogen functional groups attached to an aromatic ring is 1. The standard InChI is InChI=1S/C20H23N5O2/c1-13-15-5-3-4-6-16(15)27-19(13)20(26)25-10-8-14(11-25)24(2)12-18-22-9-7-17(21)23-18/h3-7,9,14H,8,10-12H2,1-2H3,(H2,21,22,23). The molecule has 0 radical (unpaired) electrons. The number of aromatic nitrogens is 2. The highest BCUT2D eigenvalue weighted by Gasteiger charge is 2.32. The van der Waals surface area contributed by atoms with Crippen molar-refractivity contribution < 1.29 is 9.21 Å². The minimum Gasteiger partial charge on any atom is -0.451 e. The van der Waals surface area contributed by atoms with E-state index in [1.54, 1.807) is 12.3 Å². The van der Waals surface area contributed by atoms with E-state index < -0.39 is 0 Å². The SMILES string of the molecule is Cc1c(C(=O)N2CCC(N(C)Cc3nccc(N)n3)C2)oc2ccccc12. The number of aryl methyl sites for hydroxylation is 1. The monoisotopic (exact) mass is 365 g/mol. The number of hydrogen-bond acceptors (Lipinski definition) is 6. The lowest BCUT2D eigenvalue weighted by Gasteiger charge is -2.23. The summed E-state index contributed by atoms with van der Waals surface area (Å²) in [7, 11) is 2.03. The Balaban J connectivity index is 1.45. The Bertz CT molecular complexity index is 983. The predicted molar refractivity (Wildman–Crippen MR) is 103 cm³/mol. The zero-order valence-electron chi connectivity index (χ0n) is 15.6. The molecule has 1 aliphatic rings. The van der Waals surface area contributed by atoms with Gasteiger partial charge >= 0.3 is 0 Å². The number of hydrogen-bond donors (Lipinski definition) is 1. The van der Waals surface area contributed by atoms with E-state index in [4.69, 9.17) is 10.2 Å². The van der Waals surface area contributed by atoms with Crippen LogP contribution in [0.2, 0.25) is 0 Å². The van der Waals surface area contributed by atoms with E-state index in [0.717, 1.165) is 23.0 Å². The number of likely N-dealkylation sites (tertiary alicyclic amines) is 1. The first kappa shape index (κ1) is 17.5. The lowest BCUT2D eigenvalue weighted by molar-refractivity contribution is 0.0749. The predicted octanol–water partition coefficient (Wildman–Crippen LogP) is 2.46. The van der Waals surface area contributed by atoms with Crippen LogP contribution in [0.15, 0.2) is 40.9 Å². The number of amides is 1. The summed E-state index contributed by atoms with van der Waals surface area (Å²) in [5.74, 6) is 1.56. The van der Waals surface area contributed by atoms with E-state index in [1.165, 1.54) is 0 Å². The summed E-state index contributed by atoms with van der Waals surface area (Å²) in [5.41, 5.74) is 7.39. The van der Waals surface area contributed by atoms with Crippen molar-refractivity contribution in [3.05, 3.63) is 53.7 Å². The van der Waals surface area contributed by atoms with E-state index in [9.17, 15) is 4.79 Å². The number of nitrogens with two attached hydrogens (primary N) is 1. The fourth-order valence-corrected chi connectivity index (χ4v) is 3.65. The van der Waals surface area contributed by atoms with E-state index in [1.807, 2.05) is 43.1 Å². The van der Waals surface area contributed by atoms with Crippen molar-refractivity contribution in [1.29, 1.82) is 0 Å². The molecular weight excluding hydrogens is 342 g/mol. The number of carbonyl (C=O) groups is 1. The van der Waals surface area contributed by atoms with Crippen molar-refractivity contribution in [1.82, 2.24) is 19.8 Å². The van der Waals surface area contributed by atoms with Gasteiger partial charge in [-0.05, 0) is 32.5 Å². The summed E-state index contributed by atoms with van der Waals surface area (Å²) in [6, 6.07) is 9.68. The summed E-state index contributed by atoms with van der Waals surface area (Å²) in [6.07, 6.45) is 2.57. The number of para-hydroxylation sites is 1. The van der Waals surface area contributed by atoms with Crippen molar-refractivity contribution in [3.8, 4) is 0 Å². The van der Waals surface area contributed by atoms with Crippen molar-refractivity contribution in [2.75, 3.05) is 25.9 Å². The number of fused-ring (bicyclic) bond motifs is 1. The molecule has 3 aromatic rings. The van der Waals surface area contributed by atoms with Gasteiger partial charge in [-0.1, -0.05) is 18.2 Å². The maximum atomic E-state index is 13.0. The number of furan rings is 1. The molecule has 1 aliphatic heterocycles. The minimum atomic E-state index is -0.0418. The first-order chi connectivity index (χ1) is 13.0. The van der Waals surface area contributed by atoms with Gasteiger partial charge in [-0.15, -0.1) is 0 Å². The number of carbonyl (C=O) groups excluding carboxylic acids is 1. The molecule has 0 saturated carbocycles. The van der Waals surface area contributed by atoms with Gasteiger partial charge in [0.25, 0.3) is 5.91 Å². The number of likely N-dealkylation sites (N-methyl/N-ethyl adjacent to an activating group) is 1. The molecule has 1 saturated heterocycles.